The van der Waals surface area contributed by atoms with Crippen LogP contribution in [0.2, 0.25) is 0 Å². The van der Waals surface area contributed by atoms with E-state index in [0.29, 0.717) is 4.47 Å². The van der Waals surface area contributed by atoms with Crippen LogP contribution in [0, 0.1) is 0 Å². The van der Waals surface area contributed by atoms with Gasteiger partial charge in [0.25, 0.3) is 5.56 Å². The molecule has 2 rings (SSSR count). The van der Waals surface area contributed by atoms with Crippen molar-refractivity contribution in [3.63, 3.8) is 0 Å². The number of halogens is 1. The van der Waals surface area contributed by atoms with Gasteiger partial charge in [-0.05, 0) is 55.7 Å². The highest BCUT2D eigenvalue weighted by Gasteiger charge is 2.12. The summed E-state index contributed by atoms with van der Waals surface area (Å²) < 4.78 is 2.05. The monoisotopic (exact) mass is 328 g/mol. The molecule has 1 aromatic rings. The van der Waals surface area contributed by atoms with Gasteiger partial charge in [-0.25, -0.2) is 4.68 Å². The molecule has 0 spiro atoms. The van der Waals surface area contributed by atoms with Gasteiger partial charge in [0.05, 0.1) is 17.9 Å². The van der Waals surface area contributed by atoms with E-state index in [1.165, 1.54) is 30.6 Å². The van der Waals surface area contributed by atoms with Crippen LogP contribution in [0.15, 0.2) is 15.5 Å². The van der Waals surface area contributed by atoms with Gasteiger partial charge in [-0.15, -0.1) is 0 Å². The summed E-state index contributed by atoms with van der Waals surface area (Å²) in [6.45, 7) is 8.12. The minimum atomic E-state index is -0.0822. The number of likely N-dealkylation sites (tertiary alicyclic amines) is 1. The molecule has 0 saturated carbocycles. The predicted molar refractivity (Wildman–Crippen MR) is 80.7 cm³/mol. The van der Waals surface area contributed by atoms with Crippen LogP contribution in [0.25, 0.3) is 0 Å². The quantitative estimate of drug-likeness (QED) is 0.899. The molecule has 19 heavy (non-hydrogen) atoms. The molecule has 106 valence electrons. The first kappa shape index (κ1) is 14.5. The summed E-state index contributed by atoms with van der Waals surface area (Å²) in [7, 11) is 0. The van der Waals surface area contributed by atoms with Crippen molar-refractivity contribution in [3.8, 4) is 0 Å². The molecule has 1 aliphatic rings. The molecule has 0 bridgehead atoms. The Morgan fingerprint density at radius 1 is 1.42 bits per heavy atom. The smallest absolute Gasteiger partial charge is 0.283 e. The van der Waals surface area contributed by atoms with Gasteiger partial charge >= 0.3 is 0 Å². The third kappa shape index (κ3) is 3.57. The van der Waals surface area contributed by atoms with E-state index in [9.17, 15) is 4.79 Å². The Hall–Kier alpha value is -0.880. The molecule has 0 radical (unpaired) electrons. The largest absolute Gasteiger partial charge is 0.381 e. The molecule has 1 N–H and O–H groups in total. The Morgan fingerprint density at radius 3 is 2.74 bits per heavy atom. The maximum absolute atomic E-state index is 12.1. The van der Waals surface area contributed by atoms with Crippen LogP contribution in [0.4, 0.5) is 5.69 Å². The van der Waals surface area contributed by atoms with Crippen molar-refractivity contribution in [2.45, 2.75) is 32.7 Å². The van der Waals surface area contributed by atoms with Crippen LogP contribution >= 0.6 is 15.9 Å². The van der Waals surface area contributed by atoms with Crippen molar-refractivity contribution in [2.75, 3.05) is 31.5 Å². The van der Waals surface area contributed by atoms with Crippen LogP contribution in [-0.2, 0) is 0 Å². The van der Waals surface area contributed by atoms with E-state index < -0.39 is 0 Å². The van der Waals surface area contributed by atoms with Crippen LogP contribution in [0.3, 0.4) is 0 Å². The number of hydrogen-bond acceptors (Lipinski definition) is 4. The van der Waals surface area contributed by atoms with Crippen LogP contribution in [0.5, 0.6) is 0 Å². The summed E-state index contributed by atoms with van der Waals surface area (Å²) in [5.74, 6) is 0. The number of nitrogens with zero attached hydrogens (tertiary/aromatic N) is 3. The van der Waals surface area contributed by atoms with Crippen LogP contribution in [-0.4, -0.2) is 40.9 Å². The van der Waals surface area contributed by atoms with Gasteiger partial charge in [-0.2, -0.15) is 5.10 Å². The molecule has 5 nitrogen and oxygen atoms in total. The summed E-state index contributed by atoms with van der Waals surface area (Å²) >= 11 is 3.36. The van der Waals surface area contributed by atoms with Crippen molar-refractivity contribution in [1.29, 1.82) is 0 Å². The van der Waals surface area contributed by atoms with E-state index in [-0.39, 0.29) is 11.6 Å². The zero-order chi connectivity index (χ0) is 13.8. The number of aromatic nitrogens is 2. The SMILES string of the molecule is CC(C)n1ncc(NCCN2CCCC2)c(Br)c1=O. The van der Waals surface area contributed by atoms with Crippen LogP contribution in [0.1, 0.15) is 32.7 Å². The summed E-state index contributed by atoms with van der Waals surface area (Å²) in [5, 5.41) is 7.47. The lowest BCUT2D eigenvalue weighted by atomic mass is 10.4. The van der Waals surface area contributed by atoms with Crippen LogP contribution < -0.4 is 10.9 Å². The lowest BCUT2D eigenvalue weighted by Crippen LogP contribution is -2.28. The molecule has 6 heteroatoms. The van der Waals surface area contributed by atoms with E-state index in [2.05, 4.69) is 31.2 Å². The number of hydrogen-bond donors (Lipinski definition) is 1. The van der Waals surface area contributed by atoms with Crippen molar-refractivity contribution in [2.24, 2.45) is 0 Å². The standard InChI is InChI=1S/C13H21BrN4O/c1-10(2)18-13(19)12(14)11(9-16-18)15-5-8-17-6-3-4-7-17/h9-10,15H,3-8H2,1-2H3. The number of rotatable bonds is 5. The predicted octanol–water partition coefficient (Wildman–Crippen LogP) is 2.09. The van der Waals surface area contributed by atoms with Crippen molar-refractivity contribution in [3.05, 3.63) is 21.0 Å². The Balaban J connectivity index is 1.97. The van der Waals surface area contributed by atoms with Crippen molar-refractivity contribution in [1.82, 2.24) is 14.7 Å². The van der Waals surface area contributed by atoms with E-state index in [4.69, 9.17) is 0 Å². The van der Waals surface area contributed by atoms with Gasteiger partial charge in [-0.1, -0.05) is 0 Å². The van der Waals surface area contributed by atoms with Gasteiger partial charge < -0.3 is 10.2 Å². The fraction of sp³-hybridized carbons (Fsp3) is 0.692. The minimum Gasteiger partial charge on any atom is -0.381 e. The minimum absolute atomic E-state index is 0.0717. The highest BCUT2D eigenvalue weighted by molar-refractivity contribution is 9.10. The molecule has 0 atom stereocenters. The third-order valence-corrected chi connectivity index (χ3v) is 4.14. The fourth-order valence-electron chi connectivity index (χ4n) is 2.29. The highest BCUT2D eigenvalue weighted by Crippen LogP contribution is 2.17. The molecule has 2 heterocycles. The van der Waals surface area contributed by atoms with Gasteiger partial charge in [0.2, 0.25) is 0 Å². The van der Waals surface area contributed by atoms with Gasteiger partial charge in [0.1, 0.15) is 4.47 Å². The average molecular weight is 329 g/mol. The molecule has 0 aromatic carbocycles. The molecule has 1 aromatic heterocycles. The van der Waals surface area contributed by atoms with E-state index >= 15 is 0 Å². The van der Waals surface area contributed by atoms with E-state index in [0.717, 1.165) is 18.8 Å². The zero-order valence-corrected chi connectivity index (χ0v) is 13.1. The van der Waals surface area contributed by atoms with Gasteiger partial charge in [-0.3, -0.25) is 4.79 Å². The summed E-state index contributed by atoms with van der Waals surface area (Å²) in [5.41, 5.74) is 0.697. The zero-order valence-electron chi connectivity index (χ0n) is 11.5. The third-order valence-electron chi connectivity index (χ3n) is 3.37. The number of anilines is 1. The van der Waals surface area contributed by atoms with Crippen molar-refractivity contribution >= 4 is 21.6 Å². The lowest BCUT2D eigenvalue weighted by molar-refractivity contribution is 0.352. The van der Waals surface area contributed by atoms with Crippen molar-refractivity contribution < 1.29 is 0 Å². The molecule has 1 saturated heterocycles. The van der Waals surface area contributed by atoms with E-state index in [1.54, 1.807) is 6.20 Å². The molecule has 0 unspecified atom stereocenters. The Bertz CT molecular complexity index is 480. The first-order chi connectivity index (χ1) is 9.09. The van der Waals surface area contributed by atoms with E-state index in [1.807, 2.05) is 13.8 Å². The molecule has 1 aliphatic heterocycles. The Morgan fingerprint density at radius 2 is 2.11 bits per heavy atom. The number of nitrogens with one attached hydrogen (secondary N) is 1. The normalized spacial score (nSPS) is 16.2. The summed E-state index contributed by atoms with van der Waals surface area (Å²) in [4.78, 5) is 14.5. The first-order valence-electron chi connectivity index (χ1n) is 6.83. The Kier molecular flexibility index (Phi) is 4.99. The van der Waals surface area contributed by atoms with Gasteiger partial charge in [0.15, 0.2) is 0 Å². The highest BCUT2D eigenvalue weighted by atomic mass is 79.9. The average Bonchev–Trinajstić information content (AvgIpc) is 2.87. The second kappa shape index (κ2) is 6.52. The molecule has 1 fully saturated rings. The molecule has 0 amide bonds. The molecular formula is C13H21BrN4O. The molecule has 0 aliphatic carbocycles. The second-order valence-electron chi connectivity index (χ2n) is 5.19. The maximum Gasteiger partial charge on any atom is 0.283 e. The summed E-state index contributed by atoms with van der Waals surface area (Å²) in [6.07, 6.45) is 4.32. The Labute approximate surface area is 122 Å². The fourth-order valence-corrected chi connectivity index (χ4v) is 2.72. The lowest BCUT2D eigenvalue weighted by Gasteiger charge is -2.16. The first-order valence-corrected chi connectivity index (χ1v) is 7.62. The molecular weight excluding hydrogens is 308 g/mol. The second-order valence-corrected chi connectivity index (χ2v) is 5.98. The maximum atomic E-state index is 12.1. The summed E-state index contributed by atoms with van der Waals surface area (Å²) in [6, 6.07) is 0.0717. The topological polar surface area (TPSA) is 50.2 Å². The van der Waals surface area contributed by atoms with Gasteiger partial charge in [0, 0.05) is 13.1 Å².